The Kier molecular flexibility index (Phi) is 8.18. The summed E-state index contributed by atoms with van der Waals surface area (Å²) in [5.41, 5.74) is -0.0160. The van der Waals surface area contributed by atoms with Crippen LogP contribution < -0.4 is 34.3 Å². The minimum absolute atomic E-state index is 0. The Hall–Kier alpha value is -0.880. The van der Waals surface area contributed by atoms with Crippen molar-refractivity contribution in [3.05, 3.63) is 29.8 Å². The summed E-state index contributed by atoms with van der Waals surface area (Å²) in [6.07, 6.45) is 0. The number of benzene rings is 1. The summed E-state index contributed by atoms with van der Waals surface area (Å²) < 4.78 is 4.69. The number of rotatable bonds is 2. The summed E-state index contributed by atoms with van der Waals surface area (Å²) in [6, 6.07) is 5.98. The molecule has 0 saturated carbocycles. The standard InChI is InChI=1S/C9H8O4.Na.H2O.H/c1-6(10)13-8-5-3-2-4-7(8)9(11)12;;;/h2-5H,1H3,(H,11,12);;1H2;/q;+1;;-1. The summed E-state index contributed by atoms with van der Waals surface area (Å²) in [6.45, 7) is 1.22. The summed E-state index contributed by atoms with van der Waals surface area (Å²) in [7, 11) is 0. The first kappa shape index (κ1) is 16.5. The molecular weight excluding hydrogens is 211 g/mol. The molecule has 0 aliphatic heterocycles. The second-order valence-electron chi connectivity index (χ2n) is 2.39. The van der Waals surface area contributed by atoms with Gasteiger partial charge in [-0.3, -0.25) is 4.79 Å². The maximum atomic E-state index is 10.6. The molecule has 0 spiro atoms. The van der Waals surface area contributed by atoms with E-state index in [4.69, 9.17) is 5.11 Å². The van der Waals surface area contributed by atoms with Gasteiger partial charge in [-0.25, -0.2) is 4.79 Å². The first-order valence-electron chi connectivity index (χ1n) is 3.62. The Morgan fingerprint density at radius 1 is 1.33 bits per heavy atom. The van der Waals surface area contributed by atoms with Crippen molar-refractivity contribution in [1.29, 1.82) is 0 Å². The van der Waals surface area contributed by atoms with Crippen LogP contribution in [-0.4, -0.2) is 22.5 Å². The van der Waals surface area contributed by atoms with E-state index in [-0.39, 0.29) is 47.8 Å². The quantitative estimate of drug-likeness (QED) is 0.343. The average molecular weight is 222 g/mol. The van der Waals surface area contributed by atoms with Gasteiger partial charge in [0.05, 0.1) is 0 Å². The molecule has 0 saturated heterocycles. The fourth-order valence-electron chi connectivity index (χ4n) is 0.887. The Morgan fingerprint density at radius 2 is 1.87 bits per heavy atom. The molecule has 0 radical (unpaired) electrons. The van der Waals surface area contributed by atoms with Crippen LogP contribution in [0.5, 0.6) is 5.75 Å². The second-order valence-corrected chi connectivity index (χ2v) is 2.39. The first-order valence-corrected chi connectivity index (χ1v) is 3.62. The van der Waals surface area contributed by atoms with Gasteiger partial charge >= 0.3 is 41.5 Å². The Bertz CT molecular complexity index is 356. The van der Waals surface area contributed by atoms with Crippen molar-refractivity contribution in [1.82, 2.24) is 0 Å². The van der Waals surface area contributed by atoms with Crippen LogP contribution in [0.1, 0.15) is 18.7 Å². The molecule has 6 heteroatoms. The molecule has 3 N–H and O–H groups in total. The summed E-state index contributed by atoms with van der Waals surface area (Å²) in [4.78, 5) is 21.2. The fourth-order valence-corrected chi connectivity index (χ4v) is 0.887. The van der Waals surface area contributed by atoms with Crippen molar-refractivity contribution >= 4 is 11.9 Å². The Labute approximate surface area is 110 Å². The van der Waals surface area contributed by atoms with Crippen molar-refractivity contribution in [2.75, 3.05) is 0 Å². The van der Waals surface area contributed by atoms with Gasteiger partial charge in [0.15, 0.2) is 0 Å². The molecule has 0 aromatic heterocycles. The van der Waals surface area contributed by atoms with Gasteiger partial charge in [-0.1, -0.05) is 12.1 Å². The van der Waals surface area contributed by atoms with Gasteiger partial charge in [-0.2, -0.15) is 0 Å². The normalized spacial score (nSPS) is 8.07. The van der Waals surface area contributed by atoms with Crippen LogP contribution in [0.4, 0.5) is 0 Å². The Morgan fingerprint density at radius 3 is 2.33 bits per heavy atom. The van der Waals surface area contributed by atoms with Crippen molar-refractivity contribution in [3.8, 4) is 5.75 Å². The number of carboxylic acids is 1. The van der Waals surface area contributed by atoms with Gasteiger partial charge in [0.2, 0.25) is 0 Å². The van der Waals surface area contributed by atoms with Gasteiger partial charge in [-0.05, 0) is 12.1 Å². The predicted molar refractivity (Wildman–Crippen MR) is 49.4 cm³/mol. The number of esters is 1. The van der Waals surface area contributed by atoms with E-state index in [0.29, 0.717) is 0 Å². The van der Waals surface area contributed by atoms with E-state index in [9.17, 15) is 9.59 Å². The van der Waals surface area contributed by atoms with Crippen molar-refractivity contribution in [2.45, 2.75) is 6.92 Å². The number of ether oxygens (including phenoxy) is 1. The second kappa shape index (κ2) is 7.42. The molecule has 0 unspecified atom stereocenters. The van der Waals surface area contributed by atoms with Crippen LogP contribution in [0, 0.1) is 0 Å². The van der Waals surface area contributed by atoms with E-state index >= 15 is 0 Å². The van der Waals surface area contributed by atoms with Gasteiger partial charge < -0.3 is 16.7 Å². The molecule has 0 fully saturated rings. The topological polar surface area (TPSA) is 95.1 Å². The summed E-state index contributed by atoms with van der Waals surface area (Å²) in [5.74, 6) is -1.58. The molecule has 78 valence electrons. The van der Waals surface area contributed by atoms with Gasteiger partial charge in [-0.15, -0.1) is 0 Å². The number of carboxylic acid groups (broad SMARTS) is 1. The van der Waals surface area contributed by atoms with Gasteiger partial charge in [0.25, 0.3) is 0 Å². The third-order valence-corrected chi connectivity index (χ3v) is 1.37. The monoisotopic (exact) mass is 222 g/mol. The van der Waals surface area contributed by atoms with Crippen LogP contribution >= 0.6 is 0 Å². The smallest absolute Gasteiger partial charge is 1.00 e. The van der Waals surface area contributed by atoms with Crippen molar-refractivity contribution in [2.24, 2.45) is 0 Å². The fraction of sp³-hybridized carbons (Fsp3) is 0.111. The zero-order chi connectivity index (χ0) is 9.84. The maximum absolute atomic E-state index is 10.6. The molecule has 15 heavy (non-hydrogen) atoms. The SMILES string of the molecule is CC(=O)Oc1ccccc1C(=O)O.O.[H-].[Na+]. The number of aromatic carboxylic acids is 1. The molecule has 0 heterocycles. The molecule has 0 bridgehead atoms. The zero-order valence-electron chi connectivity index (χ0n) is 9.48. The van der Waals surface area contributed by atoms with Crippen LogP contribution in [-0.2, 0) is 4.79 Å². The van der Waals surface area contributed by atoms with E-state index in [2.05, 4.69) is 4.74 Å². The molecule has 0 aliphatic carbocycles. The molecule has 5 nitrogen and oxygen atoms in total. The molecule has 1 rings (SSSR count). The minimum atomic E-state index is -1.11. The van der Waals surface area contributed by atoms with Crippen LogP contribution in [0.15, 0.2) is 24.3 Å². The third-order valence-electron chi connectivity index (χ3n) is 1.37. The van der Waals surface area contributed by atoms with Crippen LogP contribution in [0.3, 0.4) is 0 Å². The van der Waals surface area contributed by atoms with E-state index in [1.807, 2.05) is 0 Å². The summed E-state index contributed by atoms with van der Waals surface area (Å²) in [5, 5.41) is 8.69. The van der Waals surface area contributed by atoms with Gasteiger partial charge in [0, 0.05) is 6.92 Å². The molecule has 1 aromatic rings. The Balaban J connectivity index is -0.000000563. The van der Waals surface area contributed by atoms with Crippen molar-refractivity contribution < 1.29 is 55.9 Å². The minimum Gasteiger partial charge on any atom is -1.00 e. The van der Waals surface area contributed by atoms with E-state index in [0.717, 1.165) is 0 Å². The number of carbonyl (C=O) groups is 2. The third kappa shape index (κ3) is 4.94. The van der Waals surface area contributed by atoms with E-state index in [1.54, 1.807) is 12.1 Å². The summed E-state index contributed by atoms with van der Waals surface area (Å²) >= 11 is 0. The molecule has 0 atom stereocenters. The maximum Gasteiger partial charge on any atom is 1.00 e. The molecule has 1 aromatic carbocycles. The van der Waals surface area contributed by atoms with E-state index in [1.165, 1.54) is 19.1 Å². The largest absolute Gasteiger partial charge is 1.00 e. The zero-order valence-corrected chi connectivity index (χ0v) is 10.5. The number of carbonyl (C=O) groups excluding carboxylic acids is 1. The van der Waals surface area contributed by atoms with Crippen LogP contribution in [0.25, 0.3) is 0 Å². The average Bonchev–Trinajstić information content (AvgIpc) is 2.03. The molecule has 0 amide bonds. The molecule has 0 aliphatic rings. The van der Waals surface area contributed by atoms with Crippen LogP contribution in [0.2, 0.25) is 0 Å². The van der Waals surface area contributed by atoms with Crippen molar-refractivity contribution in [3.63, 3.8) is 0 Å². The number of hydrogen-bond donors (Lipinski definition) is 1. The number of hydrogen-bond acceptors (Lipinski definition) is 3. The predicted octanol–water partition coefficient (Wildman–Crippen LogP) is -2.40. The van der Waals surface area contributed by atoms with Gasteiger partial charge in [0.1, 0.15) is 11.3 Å². The number of para-hydroxylation sites is 1. The van der Waals surface area contributed by atoms with E-state index < -0.39 is 11.9 Å². The first-order chi connectivity index (χ1) is 6.11. The molecular formula is C9H11NaO5.